The molecule has 0 spiro atoms. The van der Waals surface area contributed by atoms with Crippen LogP contribution in [-0.2, 0) is 24.1 Å². The summed E-state index contributed by atoms with van der Waals surface area (Å²) < 4.78 is 2.10. The van der Waals surface area contributed by atoms with E-state index in [1.54, 1.807) is 0 Å². The maximum Gasteiger partial charge on any atom is 0.233 e. The number of rotatable bonds is 4. The average Bonchev–Trinajstić information content (AvgIpc) is 3.32. The number of amides is 1. The standard InChI is InChI=1S/C21H27N5OS2/c1-3-16-22-20-18(14-8-4-5-9-15(14)29-20)19-23-24-21(26(16)19)28-12-17(27)25-10-6-7-13(2)11-25/h13H,3-12H2,1-2H3. The molecule has 1 fully saturated rings. The van der Waals surface area contributed by atoms with Crippen molar-refractivity contribution in [3.05, 3.63) is 16.3 Å². The second kappa shape index (κ2) is 7.87. The molecule has 1 saturated heterocycles. The fourth-order valence-electron chi connectivity index (χ4n) is 4.66. The molecular weight excluding hydrogens is 402 g/mol. The third-order valence-corrected chi connectivity index (χ3v) is 8.25. The number of carbonyl (C=O) groups is 1. The monoisotopic (exact) mass is 429 g/mol. The van der Waals surface area contributed by atoms with Crippen molar-refractivity contribution >= 4 is 44.9 Å². The van der Waals surface area contributed by atoms with Crippen molar-refractivity contribution in [3.8, 4) is 0 Å². The summed E-state index contributed by atoms with van der Waals surface area (Å²) >= 11 is 3.33. The molecule has 1 aliphatic heterocycles. The fraction of sp³-hybridized carbons (Fsp3) is 0.619. The average molecular weight is 430 g/mol. The predicted octanol–water partition coefficient (Wildman–Crippen LogP) is 4.13. The van der Waals surface area contributed by atoms with Crippen molar-refractivity contribution < 1.29 is 4.79 Å². The Morgan fingerprint density at radius 1 is 1.24 bits per heavy atom. The number of thioether (sulfide) groups is 1. The molecule has 0 bridgehead atoms. The Hall–Kier alpha value is -1.67. The summed E-state index contributed by atoms with van der Waals surface area (Å²) in [6.07, 6.45) is 7.91. The van der Waals surface area contributed by atoms with Crippen molar-refractivity contribution in [2.75, 3.05) is 18.8 Å². The summed E-state index contributed by atoms with van der Waals surface area (Å²) in [7, 11) is 0. The lowest BCUT2D eigenvalue weighted by Gasteiger charge is -2.30. The summed E-state index contributed by atoms with van der Waals surface area (Å²) in [6.45, 7) is 6.11. The highest BCUT2D eigenvalue weighted by Gasteiger charge is 2.25. The minimum atomic E-state index is 0.207. The van der Waals surface area contributed by atoms with Crippen LogP contribution in [0.2, 0.25) is 0 Å². The van der Waals surface area contributed by atoms with Crippen LogP contribution in [0.4, 0.5) is 0 Å². The Morgan fingerprint density at radius 3 is 2.93 bits per heavy atom. The van der Waals surface area contributed by atoms with E-state index in [1.165, 1.54) is 46.9 Å². The van der Waals surface area contributed by atoms with E-state index in [0.717, 1.165) is 60.2 Å². The third-order valence-electron chi connectivity index (χ3n) is 6.15. The minimum absolute atomic E-state index is 0.207. The van der Waals surface area contributed by atoms with Gasteiger partial charge in [0.25, 0.3) is 0 Å². The van der Waals surface area contributed by atoms with E-state index in [4.69, 9.17) is 4.98 Å². The summed E-state index contributed by atoms with van der Waals surface area (Å²) in [4.78, 5) is 22.3. The summed E-state index contributed by atoms with van der Waals surface area (Å²) in [5.41, 5.74) is 2.35. The number of nitrogens with zero attached hydrogens (tertiary/aromatic N) is 5. The topological polar surface area (TPSA) is 63.4 Å². The first kappa shape index (κ1) is 19.3. The van der Waals surface area contributed by atoms with Gasteiger partial charge in [-0.3, -0.25) is 9.20 Å². The van der Waals surface area contributed by atoms with Crippen molar-refractivity contribution in [1.82, 2.24) is 24.5 Å². The highest BCUT2D eigenvalue weighted by Crippen LogP contribution is 2.38. The number of piperidine rings is 1. The van der Waals surface area contributed by atoms with Crippen molar-refractivity contribution in [3.63, 3.8) is 0 Å². The summed E-state index contributed by atoms with van der Waals surface area (Å²) in [5, 5.41) is 11.0. The number of carbonyl (C=O) groups excluding carboxylic acids is 1. The van der Waals surface area contributed by atoms with Crippen LogP contribution >= 0.6 is 23.1 Å². The molecule has 29 heavy (non-hydrogen) atoms. The van der Waals surface area contributed by atoms with Crippen LogP contribution in [0.3, 0.4) is 0 Å². The molecule has 1 amide bonds. The highest BCUT2D eigenvalue weighted by atomic mass is 32.2. The maximum absolute atomic E-state index is 12.7. The zero-order valence-electron chi connectivity index (χ0n) is 17.1. The van der Waals surface area contributed by atoms with E-state index in [1.807, 2.05) is 16.2 Å². The van der Waals surface area contributed by atoms with Crippen molar-refractivity contribution in [2.45, 2.75) is 63.9 Å². The van der Waals surface area contributed by atoms with Crippen LogP contribution < -0.4 is 0 Å². The molecule has 2 aliphatic rings. The van der Waals surface area contributed by atoms with Gasteiger partial charge in [-0.1, -0.05) is 25.6 Å². The van der Waals surface area contributed by atoms with Crippen molar-refractivity contribution in [1.29, 1.82) is 0 Å². The summed E-state index contributed by atoms with van der Waals surface area (Å²) in [5.74, 6) is 2.20. The Labute approximate surface area is 179 Å². The number of aryl methyl sites for hydroxylation is 3. The molecule has 5 rings (SSSR count). The van der Waals surface area contributed by atoms with Gasteiger partial charge in [0, 0.05) is 24.4 Å². The van der Waals surface area contributed by atoms with E-state index < -0.39 is 0 Å². The van der Waals surface area contributed by atoms with Crippen LogP contribution in [-0.4, -0.2) is 49.2 Å². The van der Waals surface area contributed by atoms with Crippen LogP contribution in [0.15, 0.2) is 5.16 Å². The molecule has 8 heteroatoms. The molecule has 1 aliphatic carbocycles. The molecule has 1 atom stereocenters. The molecular formula is C21H27N5OS2. The third kappa shape index (κ3) is 3.44. The van der Waals surface area contributed by atoms with Gasteiger partial charge in [-0.05, 0) is 50.0 Å². The van der Waals surface area contributed by atoms with Crippen LogP contribution in [0.1, 0.15) is 55.8 Å². The first-order chi connectivity index (χ1) is 14.2. The molecule has 3 aromatic rings. The molecule has 6 nitrogen and oxygen atoms in total. The van der Waals surface area contributed by atoms with Gasteiger partial charge >= 0.3 is 0 Å². The van der Waals surface area contributed by atoms with Gasteiger partial charge in [0.05, 0.1) is 11.1 Å². The first-order valence-corrected chi connectivity index (χ1v) is 12.5. The normalized spacial score (nSPS) is 19.8. The second-order valence-electron chi connectivity index (χ2n) is 8.29. The number of hydrogen-bond donors (Lipinski definition) is 0. The van der Waals surface area contributed by atoms with Gasteiger partial charge in [0.1, 0.15) is 10.7 Å². The van der Waals surface area contributed by atoms with E-state index in [-0.39, 0.29) is 5.91 Å². The van der Waals surface area contributed by atoms with E-state index in [9.17, 15) is 4.79 Å². The highest BCUT2D eigenvalue weighted by molar-refractivity contribution is 7.99. The SMILES string of the molecule is CCc1nc2sc3c(c2c2nnc(SCC(=O)N4CCCC(C)C4)n12)CCCC3. The molecule has 3 aromatic heterocycles. The van der Waals surface area contributed by atoms with Crippen LogP contribution in [0.5, 0.6) is 0 Å². The Morgan fingerprint density at radius 2 is 2.10 bits per heavy atom. The lowest BCUT2D eigenvalue weighted by atomic mass is 9.97. The zero-order valence-corrected chi connectivity index (χ0v) is 18.7. The Bertz CT molecular complexity index is 1070. The number of aromatic nitrogens is 4. The largest absolute Gasteiger partial charge is 0.342 e. The molecule has 0 N–H and O–H groups in total. The molecule has 1 unspecified atom stereocenters. The molecule has 0 saturated carbocycles. The maximum atomic E-state index is 12.7. The zero-order chi connectivity index (χ0) is 20.0. The molecule has 4 heterocycles. The van der Waals surface area contributed by atoms with E-state index >= 15 is 0 Å². The number of fused-ring (bicyclic) bond motifs is 5. The Kier molecular flexibility index (Phi) is 5.24. The number of thiophene rings is 1. The van der Waals surface area contributed by atoms with Gasteiger partial charge in [-0.25, -0.2) is 4.98 Å². The van der Waals surface area contributed by atoms with Crippen LogP contribution in [0, 0.1) is 5.92 Å². The van der Waals surface area contributed by atoms with Gasteiger partial charge in [0.2, 0.25) is 5.91 Å². The summed E-state index contributed by atoms with van der Waals surface area (Å²) in [6, 6.07) is 0. The number of hydrogen-bond acceptors (Lipinski definition) is 6. The van der Waals surface area contributed by atoms with E-state index in [2.05, 4.69) is 28.4 Å². The number of likely N-dealkylation sites (tertiary alicyclic amines) is 1. The van der Waals surface area contributed by atoms with Gasteiger partial charge in [0.15, 0.2) is 10.8 Å². The first-order valence-electron chi connectivity index (χ1n) is 10.7. The fourth-order valence-corrected chi connectivity index (χ4v) is 6.79. The smallest absolute Gasteiger partial charge is 0.233 e. The van der Waals surface area contributed by atoms with Gasteiger partial charge in [-0.2, -0.15) is 0 Å². The van der Waals surface area contributed by atoms with Crippen LogP contribution in [0.25, 0.3) is 15.9 Å². The van der Waals surface area contributed by atoms with E-state index in [0.29, 0.717) is 11.7 Å². The lowest BCUT2D eigenvalue weighted by molar-refractivity contribution is -0.130. The van der Waals surface area contributed by atoms with Gasteiger partial charge < -0.3 is 4.90 Å². The second-order valence-corrected chi connectivity index (χ2v) is 10.3. The van der Waals surface area contributed by atoms with Gasteiger partial charge in [-0.15, -0.1) is 21.5 Å². The minimum Gasteiger partial charge on any atom is -0.342 e. The molecule has 0 aromatic carbocycles. The molecule has 0 radical (unpaired) electrons. The molecule has 154 valence electrons. The lowest BCUT2D eigenvalue weighted by Crippen LogP contribution is -2.40. The predicted molar refractivity (Wildman–Crippen MR) is 118 cm³/mol. The quantitative estimate of drug-likeness (QED) is 0.584. The Balaban J connectivity index is 1.47. The van der Waals surface area contributed by atoms with Crippen molar-refractivity contribution in [2.24, 2.45) is 5.92 Å².